The van der Waals surface area contributed by atoms with E-state index in [-0.39, 0.29) is 5.91 Å². The fourth-order valence-electron chi connectivity index (χ4n) is 3.76. The van der Waals surface area contributed by atoms with E-state index in [0.717, 1.165) is 37.9 Å². The molecule has 1 aliphatic carbocycles. The average molecular weight is 337 g/mol. The van der Waals surface area contributed by atoms with Crippen molar-refractivity contribution in [3.8, 4) is 0 Å². The molecule has 0 aromatic heterocycles. The summed E-state index contributed by atoms with van der Waals surface area (Å²) in [5.74, 6) is 2.62. The molecule has 1 saturated heterocycles. The first-order valence-electron chi connectivity index (χ1n) is 9.91. The zero-order valence-corrected chi connectivity index (χ0v) is 15.8. The summed E-state index contributed by atoms with van der Waals surface area (Å²) in [6.45, 7) is 9.92. The molecule has 5 heteroatoms. The summed E-state index contributed by atoms with van der Waals surface area (Å²) in [5, 5.41) is 6.87. The molecule has 1 saturated carbocycles. The SMILES string of the molecule is CCNC(=NCCC(=O)N1CCCC(C)C1)NC1CCC(C)CC1. The van der Waals surface area contributed by atoms with E-state index < -0.39 is 0 Å². The summed E-state index contributed by atoms with van der Waals surface area (Å²) in [6.07, 6.45) is 7.93. The number of amides is 1. The predicted octanol–water partition coefficient (Wildman–Crippen LogP) is 2.77. The summed E-state index contributed by atoms with van der Waals surface area (Å²) in [7, 11) is 0. The highest BCUT2D eigenvalue weighted by Gasteiger charge is 2.21. The lowest BCUT2D eigenvalue weighted by Gasteiger charge is -2.31. The third-order valence-corrected chi connectivity index (χ3v) is 5.31. The van der Waals surface area contributed by atoms with Gasteiger partial charge in [0.15, 0.2) is 5.96 Å². The van der Waals surface area contributed by atoms with Gasteiger partial charge in [0.05, 0.1) is 6.54 Å². The minimum absolute atomic E-state index is 0.257. The van der Waals surface area contributed by atoms with Crippen molar-refractivity contribution in [2.45, 2.75) is 71.8 Å². The maximum Gasteiger partial charge on any atom is 0.224 e. The molecule has 2 N–H and O–H groups in total. The van der Waals surface area contributed by atoms with Gasteiger partial charge in [-0.3, -0.25) is 9.79 Å². The summed E-state index contributed by atoms with van der Waals surface area (Å²) >= 11 is 0. The molecule has 138 valence electrons. The first-order chi connectivity index (χ1) is 11.6. The molecule has 1 unspecified atom stereocenters. The van der Waals surface area contributed by atoms with Gasteiger partial charge in [0.2, 0.25) is 5.91 Å². The molecule has 1 amide bonds. The van der Waals surface area contributed by atoms with Crippen LogP contribution in [0.15, 0.2) is 4.99 Å². The van der Waals surface area contributed by atoms with Gasteiger partial charge < -0.3 is 15.5 Å². The number of nitrogens with zero attached hydrogens (tertiary/aromatic N) is 2. The van der Waals surface area contributed by atoms with E-state index in [1.807, 2.05) is 4.90 Å². The van der Waals surface area contributed by atoms with E-state index in [1.54, 1.807) is 0 Å². The summed E-state index contributed by atoms with van der Waals surface area (Å²) in [6, 6.07) is 0.526. The quantitative estimate of drug-likeness (QED) is 0.599. The predicted molar refractivity (Wildman–Crippen MR) is 100 cm³/mol. The second kappa shape index (κ2) is 9.90. The molecule has 24 heavy (non-hydrogen) atoms. The third kappa shape index (κ3) is 6.33. The Bertz CT molecular complexity index is 416. The molecule has 0 radical (unpaired) electrons. The van der Waals surface area contributed by atoms with E-state index in [1.165, 1.54) is 32.1 Å². The van der Waals surface area contributed by atoms with E-state index in [2.05, 4.69) is 36.4 Å². The number of aliphatic imine (C=N–C) groups is 1. The van der Waals surface area contributed by atoms with Crippen LogP contribution in [0.25, 0.3) is 0 Å². The second-order valence-electron chi connectivity index (χ2n) is 7.70. The van der Waals surface area contributed by atoms with Gasteiger partial charge in [0, 0.05) is 32.1 Å². The molecule has 0 bridgehead atoms. The van der Waals surface area contributed by atoms with Crippen LogP contribution in [0.4, 0.5) is 0 Å². The molecule has 0 aromatic rings. The van der Waals surface area contributed by atoms with Gasteiger partial charge in [-0.25, -0.2) is 0 Å². The largest absolute Gasteiger partial charge is 0.357 e. The molecular formula is C19H36N4O. The van der Waals surface area contributed by atoms with Crippen molar-refractivity contribution >= 4 is 11.9 Å². The van der Waals surface area contributed by atoms with E-state index in [4.69, 9.17) is 0 Å². The number of nitrogens with one attached hydrogen (secondary N) is 2. The van der Waals surface area contributed by atoms with Gasteiger partial charge in [-0.05, 0) is 57.3 Å². The molecule has 1 aliphatic heterocycles. The van der Waals surface area contributed by atoms with Crippen LogP contribution < -0.4 is 10.6 Å². The molecule has 0 spiro atoms. The minimum Gasteiger partial charge on any atom is -0.357 e. The van der Waals surface area contributed by atoms with Gasteiger partial charge in [0.1, 0.15) is 0 Å². The van der Waals surface area contributed by atoms with E-state index >= 15 is 0 Å². The molecule has 2 aliphatic rings. The van der Waals surface area contributed by atoms with Crippen molar-refractivity contribution in [2.24, 2.45) is 16.8 Å². The van der Waals surface area contributed by atoms with Crippen LogP contribution in [0.1, 0.15) is 65.7 Å². The Morgan fingerprint density at radius 1 is 1.12 bits per heavy atom. The zero-order chi connectivity index (χ0) is 17.4. The number of guanidine groups is 1. The summed E-state index contributed by atoms with van der Waals surface area (Å²) in [5.41, 5.74) is 0. The van der Waals surface area contributed by atoms with Gasteiger partial charge in [-0.15, -0.1) is 0 Å². The highest BCUT2D eigenvalue weighted by molar-refractivity contribution is 5.81. The first-order valence-corrected chi connectivity index (χ1v) is 9.91. The monoisotopic (exact) mass is 336 g/mol. The molecule has 5 nitrogen and oxygen atoms in total. The molecule has 2 fully saturated rings. The number of hydrogen-bond acceptors (Lipinski definition) is 2. The molecular weight excluding hydrogens is 300 g/mol. The Labute approximate surface area is 147 Å². The van der Waals surface area contributed by atoms with Crippen LogP contribution in [-0.2, 0) is 4.79 Å². The van der Waals surface area contributed by atoms with Crippen molar-refractivity contribution in [3.63, 3.8) is 0 Å². The molecule has 2 rings (SSSR count). The van der Waals surface area contributed by atoms with Gasteiger partial charge in [-0.1, -0.05) is 13.8 Å². The van der Waals surface area contributed by atoms with Crippen molar-refractivity contribution in [1.82, 2.24) is 15.5 Å². The van der Waals surface area contributed by atoms with Crippen LogP contribution in [0.5, 0.6) is 0 Å². The number of likely N-dealkylation sites (tertiary alicyclic amines) is 1. The fraction of sp³-hybridized carbons (Fsp3) is 0.895. The fourth-order valence-corrected chi connectivity index (χ4v) is 3.76. The number of carbonyl (C=O) groups excluding carboxylic acids is 1. The average Bonchev–Trinajstić information content (AvgIpc) is 2.57. The highest BCUT2D eigenvalue weighted by atomic mass is 16.2. The van der Waals surface area contributed by atoms with E-state index in [0.29, 0.717) is 24.9 Å². The van der Waals surface area contributed by atoms with Crippen LogP contribution >= 0.6 is 0 Å². The standard InChI is InChI=1S/C19H36N4O/c1-4-20-19(22-17-9-7-15(2)8-10-17)21-12-11-18(24)23-13-5-6-16(3)14-23/h15-17H,4-14H2,1-3H3,(H2,20,21,22). The normalized spacial score (nSPS) is 28.5. The van der Waals surface area contributed by atoms with E-state index in [9.17, 15) is 4.79 Å². The lowest BCUT2D eigenvalue weighted by molar-refractivity contribution is -0.132. The Balaban J connectivity index is 1.76. The zero-order valence-electron chi connectivity index (χ0n) is 15.8. The number of piperidine rings is 1. The topological polar surface area (TPSA) is 56.7 Å². The van der Waals surface area contributed by atoms with Gasteiger partial charge in [0.25, 0.3) is 0 Å². The molecule has 1 heterocycles. The number of rotatable bonds is 5. The number of hydrogen-bond donors (Lipinski definition) is 2. The van der Waals surface area contributed by atoms with Crippen molar-refractivity contribution in [3.05, 3.63) is 0 Å². The lowest BCUT2D eigenvalue weighted by Crippen LogP contribution is -2.45. The van der Waals surface area contributed by atoms with Crippen LogP contribution in [0, 0.1) is 11.8 Å². The number of carbonyl (C=O) groups is 1. The van der Waals surface area contributed by atoms with Crippen LogP contribution in [0.2, 0.25) is 0 Å². The van der Waals surface area contributed by atoms with Crippen LogP contribution in [0.3, 0.4) is 0 Å². The Kier molecular flexibility index (Phi) is 7.86. The maximum absolute atomic E-state index is 12.3. The molecule has 1 atom stereocenters. The second-order valence-corrected chi connectivity index (χ2v) is 7.70. The first kappa shape index (κ1) is 19.1. The molecule has 0 aromatic carbocycles. The third-order valence-electron chi connectivity index (χ3n) is 5.31. The maximum atomic E-state index is 12.3. The van der Waals surface area contributed by atoms with Gasteiger partial charge in [-0.2, -0.15) is 0 Å². The highest BCUT2D eigenvalue weighted by Crippen LogP contribution is 2.23. The Morgan fingerprint density at radius 3 is 2.54 bits per heavy atom. The van der Waals surface area contributed by atoms with Crippen molar-refractivity contribution in [2.75, 3.05) is 26.2 Å². The summed E-state index contributed by atoms with van der Waals surface area (Å²) in [4.78, 5) is 19.0. The smallest absolute Gasteiger partial charge is 0.224 e. The Hall–Kier alpha value is -1.26. The van der Waals surface area contributed by atoms with Gasteiger partial charge >= 0.3 is 0 Å². The minimum atomic E-state index is 0.257. The van der Waals surface area contributed by atoms with Crippen molar-refractivity contribution in [1.29, 1.82) is 0 Å². The van der Waals surface area contributed by atoms with Crippen LogP contribution in [-0.4, -0.2) is 49.0 Å². The summed E-state index contributed by atoms with van der Waals surface area (Å²) < 4.78 is 0. The van der Waals surface area contributed by atoms with Crippen molar-refractivity contribution < 1.29 is 4.79 Å². The Morgan fingerprint density at radius 2 is 1.88 bits per heavy atom. The lowest BCUT2D eigenvalue weighted by atomic mass is 9.87.